The van der Waals surface area contributed by atoms with Crippen LogP contribution in [-0.2, 0) is 9.53 Å². The normalized spacial score (nSPS) is 23.8. The predicted molar refractivity (Wildman–Crippen MR) is 58.7 cm³/mol. The average molecular weight is 246 g/mol. The second kappa shape index (κ2) is 5.83. The lowest BCUT2D eigenvalue weighted by Gasteiger charge is -2.27. The minimum absolute atomic E-state index is 0.151. The lowest BCUT2D eigenvalue weighted by atomic mass is 10.2. The van der Waals surface area contributed by atoms with Crippen molar-refractivity contribution in [2.45, 2.75) is 18.6 Å². The number of aliphatic carboxylic acids is 1. The van der Waals surface area contributed by atoms with E-state index in [-0.39, 0.29) is 25.8 Å². The lowest BCUT2D eigenvalue weighted by Crippen LogP contribution is -2.47. The van der Waals surface area contributed by atoms with Crippen molar-refractivity contribution in [3.63, 3.8) is 0 Å². The first-order chi connectivity index (χ1) is 8.01. The Hall–Kier alpha value is -1.34. The Morgan fingerprint density at radius 2 is 2.18 bits per heavy atom. The summed E-state index contributed by atoms with van der Waals surface area (Å²) in [4.78, 5) is 25.5. The van der Waals surface area contributed by atoms with Gasteiger partial charge in [0.2, 0.25) is 0 Å². The number of carbonyl (C=O) groups is 2. The summed E-state index contributed by atoms with van der Waals surface area (Å²) in [5, 5.41) is 17.8. The topological polar surface area (TPSA) is 90.3 Å². The SMILES string of the molecule is COC1CC(C(=O)O)N(C(=O)N(C)CCO)C1. The number of carboxylic acids is 1. The van der Waals surface area contributed by atoms with E-state index in [0.29, 0.717) is 6.42 Å². The smallest absolute Gasteiger partial charge is 0.326 e. The number of likely N-dealkylation sites (N-methyl/N-ethyl adjacent to an activating group) is 1. The lowest BCUT2D eigenvalue weighted by molar-refractivity contribution is -0.141. The fourth-order valence-corrected chi connectivity index (χ4v) is 1.88. The van der Waals surface area contributed by atoms with Gasteiger partial charge in [-0.1, -0.05) is 0 Å². The monoisotopic (exact) mass is 246 g/mol. The minimum Gasteiger partial charge on any atom is -0.480 e. The number of hydrogen-bond acceptors (Lipinski definition) is 4. The van der Waals surface area contributed by atoms with Crippen LogP contribution in [-0.4, -0.2) is 78.0 Å². The van der Waals surface area contributed by atoms with Crippen molar-refractivity contribution in [1.29, 1.82) is 0 Å². The second-order valence-corrected chi connectivity index (χ2v) is 4.03. The van der Waals surface area contributed by atoms with E-state index in [2.05, 4.69) is 0 Å². The highest BCUT2D eigenvalue weighted by Crippen LogP contribution is 2.21. The molecule has 0 aromatic carbocycles. The standard InChI is InChI=1S/C10H18N2O5/c1-11(3-4-13)10(16)12-6-7(17-2)5-8(12)9(14)15/h7-8,13H,3-6H2,1-2H3,(H,14,15). The predicted octanol–water partition coefficient (Wildman–Crippen LogP) is -0.796. The van der Waals surface area contributed by atoms with Gasteiger partial charge in [-0.15, -0.1) is 0 Å². The van der Waals surface area contributed by atoms with Crippen LogP contribution in [0.15, 0.2) is 0 Å². The molecule has 1 fully saturated rings. The van der Waals surface area contributed by atoms with Gasteiger partial charge in [-0.3, -0.25) is 0 Å². The first-order valence-corrected chi connectivity index (χ1v) is 5.39. The van der Waals surface area contributed by atoms with Gasteiger partial charge in [0.1, 0.15) is 6.04 Å². The molecule has 7 heteroatoms. The molecule has 1 aliphatic rings. The van der Waals surface area contributed by atoms with E-state index < -0.39 is 18.0 Å². The van der Waals surface area contributed by atoms with Crippen molar-refractivity contribution < 1.29 is 24.5 Å². The van der Waals surface area contributed by atoms with Gasteiger partial charge in [-0.2, -0.15) is 0 Å². The highest BCUT2D eigenvalue weighted by molar-refractivity contribution is 5.83. The number of methoxy groups -OCH3 is 1. The number of likely N-dealkylation sites (tertiary alicyclic amines) is 1. The number of rotatable bonds is 4. The van der Waals surface area contributed by atoms with Crippen molar-refractivity contribution in [2.24, 2.45) is 0 Å². The molecular formula is C10H18N2O5. The van der Waals surface area contributed by atoms with Gasteiger partial charge in [0.05, 0.1) is 12.7 Å². The molecule has 0 aliphatic carbocycles. The number of carboxylic acid groups (broad SMARTS) is 1. The van der Waals surface area contributed by atoms with Gasteiger partial charge >= 0.3 is 12.0 Å². The molecule has 0 aromatic heterocycles. The van der Waals surface area contributed by atoms with Crippen LogP contribution in [0.1, 0.15) is 6.42 Å². The summed E-state index contributed by atoms with van der Waals surface area (Å²) >= 11 is 0. The number of amides is 2. The first kappa shape index (κ1) is 13.7. The third-order valence-corrected chi connectivity index (χ3v) is 2.89. The zero-order chi connectivity index (χ0) is 13.0. The Morgan fingerprint density at radius 3 is 2.65 bits per heavy atom. The van der Waals surface area contributed by atoms with Crippen LogP contribution in [0.5, 0.6) is 0 Å². The molecule has 0 spiro atoms. The average Bonchev–Trinajstić information content (AvgIpc) is 2.72. The summed E-state index contributed by atoms with van der Waals surface area (Å²) in [6.07, 6.45) is 0.0486. The van der Waals surface area contributed by atoms with E-state index in [1.165, 1.54) is 24.0 Å². The van der Waals surface area contributed by atoms with E-state index in [1.54, 1.807) is 0 Å². The maximum absolute atomic E-state index is 11.9. The number of carbonyl (C=O) groups excluding carboxylic acids is 1. The van der Waals surface area contributed by atoms with Crippen LogP contribution < -0.4 is 0 Å². The zero-order valence-electron chi connectivity index (χ0n) is 10.00. The van der Waals surface area contributed by atoms with Crippen LogP contribution in [0.3, 0.4) is 0 Å². The summed E-state index contributed by atoms with van der Waals surface area (Å²) in [6, 6.07) is -1.25. The molecule has 2 atom stereocenters. The maximum Gasteiger partial charge on any atom is 0.326 e. The second-order valence-electron chi connectivity index (χ2n) is 4.03. The van der Waals surface area contributed by atoms with Gasteiger partial charge in [-0.05, 0) is 0 Å². The highest BCUT2D eigenvalue weighted by Gasteiger charge is 2.40. The molecule has 2 amide bonds. The van der Waals surface area contributed by atoms with Crippen LogP contribution in [0.25, 0.3) is 0 Å². The van der Waals surface area contributed by atoms with Gasteiger partial charge in [-0.25, -0.2) is 9.59 Å². The Balaban J connectivity index is 2.72. The summed E-state index contributed by atoms with van der Waals surface area (Å²) < 4.78 is 5.09. The van der Waals surface area contributed by atoms with Crippen molar-refractivity contribution in [3.05, 3.63) is 0 Å². The van der Waals surface area contributed by atoms with Crippen LogP contribution in [0, 0.1) is 0 Å². The van der Waals surface area contributed by atoms with Crippen LogP contribution in [0.4, 0.5) is 4.79 Å². The molecule has 0 bridgehead atoms. The van der Waals surface area contributed by atoms with Crippen LogP contribution >= 0.6 is 0 Å². The molecular weight excluding hydrogens is 228 g/mol. The largest absolute Gasteiger partial charge is 0.480 e. The summed E-state index contributed by atoms with van der Waals surface area (Å²) in [5.41, 5.74) is 0. The minimum atomic E-state index is -1.03. The number of hydrogen-bond donors (Lipinski definition) is 2. The first-order valence-electron chi connectivity index (χ1n) is 5.39. The van der Waals surface area contributed by atoms with Crippen molar-refractivity contribution in [1.82, 2.24) is 9.80 Å². The molecule has 98 valence electrons. The van der Waals surface area contributed by atoms with Crippen LogP contribution in [0.2, 0.25) is 0 Å². The fourth-order valence-electron chi connectivity index (χ4n) is 1.88. The molecule has 0 radical (unpaired) electrons. The third kappa shape index (κ3) is 3.07. The zero-order valence-corrected chi connectivity index (χ0v) is 10.00. The maximum atomic E-state index is 11.9. The molecule has 0 saturated carbocycles. The molecule has 1 heterocycles. The van der Waals surface area contributed by atoms with Gasteiger partial charge in [0.25, 0.3) is 0 Å². The summed E-state index contributed by atoms with van der Waals surface area (Å²) in [6.45, 7) is 0.295. The number of urea groups is 1. The van der Waals surface area contributed by atoms with Gasteiger partial charge in [0, 0.05) is 33.7 Å². The summed E-state index contributed by atoms with van der Waals surface area (Å²) in [5.74, 6) is -1.03. The van der Waals surface area contributed by atoms with Crippen molar-refractivity contribution >= 4 is 12.0 Å². The third-order valence-electron chi connectivity index (χ3n) is 2.89. The number of aliphatic hydroxyl groups excluding tert-OH is 1. The number of ether oxygens (including phenoxy) is 1. The van der Waals surface area contributed by atoms with E-state index in [9.17, 15) is 9.59 Å². The van der Waals surface area contributed by atoms with Gasteiger partial charge < -0.3 is 24.7 Å². The Bertz CT molecular complexity index is 296. The van der Waals surface area contributed by atoms with E-state index >= 15 is 0 Å². The highest BCUT2D eigenvalue weighted by atomic mass is 16.5. The molecule has 0 aromatic rings. The van der Waals surface area contributed by atoms with Crippen molar-refractivity contribution in [2.75, 3.05) is 33.9 Å². The van der Waals surface area contributed by atoms with E-state index in [4.69, 9.17) is 14.9 Å². The van der Waals surface area contributed by atoms with Gasteiger partial charge in [0.15, 0.2) is 0 Å². The molecule has 1 aliphatic heterocycles. The Kier molecular flexibility index (Phi) is 4.71. The fraction of sp³-hybridized carbons (Fsp3) is 0.800. The van der Waals surface area contributed by atoms with E-state index in [0.717, 1.165) is 0 Å². The number of aliphatic hydroxyl groups is 1. The molecule has 1 saturated heterocycles. The molecule has 2 unspecified atom stereocenters. The molecule has 1 rings (SSSR count). The molecule has 7 nitrogen and oxygen atoms in total. The molecule has 2 N–H and O–H groups in total. The Labute approximate surface area is 99.6 Å². The summed E-state index contributed by atoms with van der Waals surface area (Å²) in [7, 11) is 3.02. The van der Waals surface area contributed by atoms with Crippen molar-refractivity contribution in [3.8, 4) is 0 Å². The number of nitrogens with zero attached hydrogens (tertiary/aromatic N) is 2. The molecule has 17 heavy (non-hydrogen) atoms. The Morgan fingerprint density at radius 1 is 1.53 bits per heavy atom. The quantitative estimate of drug-likeness (QED) is 0.678. The van der Waals surface area contributed by atoms with E-state index in [1.807, 2.05) is 0 Å².